The lowest BCUT2D eigenvalue weighted by Crippen LogP contribution is -1.96. The van der Waals surface area contributed by atoms with Crippen molar-refractivity contribution in [2.75, 3.05) is 0 Å². The second-order valence-electron chi connectivity index (χ2n) is 3.48. The predicted molar refractivity (Wildman–Crippen MR) is 61.4 cm³/mol. The largest absolute Gasteiger partial charge is 0.388 e. The van der Waals surface area contributed by atoms with E-state index in [2.05, 4.69) is 25.8 Å². The Kier molecular flexibility index (Phi) is 4.19. The normalized spacial score (nSPS) is 12.4. The Balaban J connectivity index is 2.56. The highest BCUT2D eigenvalue weighted by Gasteiger charge is 2.11. The summed E-state index contributed by atoms with van der Waals surface area (Å²) in [6.45, 7) is 4.12. The summed E-state index contributed by atoms with van der Waals surface area (Å²) < 4.78 is 0. The highest BCUT2D eigenvalue weighted by molar-refractivity contribution is 7.12. The van der Waals surface area contributed by atoms with Gasteiger partial charge in [-0.3, -0.25) is 0 Å². The lowest BCUT2D eigenvalue weighted by atomic mass is 10.0. The zero-order valence-electron chi connectivity index (χ0n) is 8.71. The summed E-state index contributed by atoms with van der Waals surface area (Å²) in [5.74, 6) is 2.59. The van der Waals surface area contributed by atoms with Gasteiger partial charge in [-0.15, -0.1) is 23.7 Å². The zero-order valence-corrected chi connectivity index (χ0v) is 9.53. The number of rotatable bonds is 4. The van der Waals surface area contributed by atoms with E-state index in [1.165, 1.54) is 9.75 Å². The fourth-order valence-electron chi connectivity index (χ4n) is 1.53. The maximum atomic E-state index is 9.88. The van der Waals surface area contributed by atoms with Gasteiger partial charge in [0.2, 0.25) is 0 Å². The van der Waals surface area contributed by atoms with Crippen LogP contribution in [0.3, 0.4) is 0 Å². The van der Waals surface area contributed by atoms with Crippen molar-refractivity contribution >= 4 is 11.3 Å². The third kappa shape index (κ3) is 2.87. The summed E-state index contributed by atoms with van der Waals surface area (Å²) in [5, 5.41) is 9.88. The lowest BCUT2D eigenvalue weighted by molar-refractivity contribution is 0.165. The molecule has 1 heterocycles. The van der Waals surface area contributed by atoms with Crippen LogP contribution in [0.1, 0.15) is 40.7 Å². The van der Waals surface area contributed by atoms with Crippen LogP contribution in [0.15, 0.2) is 6.07 Å². The van der Waals surface area contributed by atoms with Gasteiger partial charge in [0, 0.05) is 16.2 Å². The molecule has 0 fully saturated rings. The first kappa shape index (κ1) is 11.3. The molecule has 1 aromatic rings. The maximum Gasteiger partial charge on any atom is 0.0801 e. The molecular formula is C12H16OS. The molecule has 14 heavy (non-hydrogen) atoms. The van der Waals surface area contributed by atoms with Gasteiger partial charge in [0.1, 0.15) is 0 Å². The minimum Gasteiger partial charge on any atom is -0.388 e. The number of thiophene rings is 1. The second kappa shape index (κ2) is 5.19. The quantitative estimate of drug-likeness (QED) is 0.595. The predicted octanol–water partition coefficient (Wildman–Crippen LogP) is 3.20. The van der Waals surface area contributed by atoms with E-state index in [4.69, 9.17) is 6.42 Å². The summed E-state index contributed by atoms with van der Waals surface area (Å²) in [6, 6.07) is 2.07. The molecular weight excluding hydrogens is 192 g/mol. The molecule has 0 radical (unpaired) electrons. The monoisotopic (exact) mass is 208 g/mol. The minimum atomic E-state index is -0.340. The van der Waals surface area contributed by atoms with Gasteiger partial charge in [0.25, 0.3) is 0 Å². The number of aliphatic hydroxyl groups is 1. The van der Waals surface area contributed by atoms with E-state index in [9.17, 15) is 5.11 Å². The van der Waals surface area contributed by atoms with Gasteiger partial charge in [-0.05, 0) is 38.3 Å². The smallest absolute Gasteiger partial charge is 0.0801 e. The van der Waals surface area contributed by atoms with Crippen LogP contribution in [0.5, 0.6) is 0 Å². The van der Waals surface area contributed by atoms with Crippen molar-refractivity contribution in [2.45, 2.75) is 39.2 Å². The molecule has 1 rings (SSSR count). The van der Waals surface area contributed by atoms with Crippen molar-refractivity contribution in [1.29, 1.82) is 0 Å². The molecule has 0 bridgehead atoms. The molecule has 1 nitrogen and oxygen atoms in total. The number of terminal acetylenes is 1. The molecule has 1 N–H and O–H groups in total. The van der Waals surface area contributed by atoms with Crippen LogP contribution < -0.4 is 0 Å². The van der Waals surface area contributed by atoms with Gasteiger partial charge in [0.05, 0.1) is 6.10 Å². The van der Waals surface area contributed by atoms with Crippen molar-refractivity contribution in [1.82, 2.24) is 0 Å². The third-order valence-electron chi connectivity index (χ3n) is 2.24. The van der Waals surface area contributed by atoms with Crippen molar-refractivity contribution < 1.29 is 5.11 Å². The Morgan fingerprint density at radius 2 is 2.29 bits per heavy atom. The van der Waals surface area contributed by atoms with Crippen molar-refractivity contribution in [2.24, 2.45) is 0 Å². The highest BCUT2D eigenvalue weighted by atomic mass is 32.1. The summed E-state index contributed by atoms with van der Waals surface area (Å²) in [7, 11) is 0. The molecule has 0 aromatic carbocycles. The SMILES string of the molecule is C#CCCCC(O)c1cc(C)sc1C. The van der Waals surface area contributed by atoms with E-state index in [-0.39, 0.29) is 6.10 Å². The molecule has 2 heteroatoms. The molecule has 1 unspecified atom stereocenters. The van der Waals surface area contributed by atoms with Crippen LogP contribution in [0.4, 0.5) is 0 Å². The van der Waals surface area contributed by atoms with Gasteiger partial charge in [-0.25, -0.2) is 0 Å². The van der Waals surface area contributed by atoms with E-state index in [1.54, 1.807) is 11.3 Å². The molecule has 0 saturated carbocycles. The van der Waals surface area contributed by atoms with Gasteiger partial charge in [0.15, 0.2) is 0 Å². The van der Waals surface area contributed by atoms with Gasteiger partial charge in [-0.2, -0.15) is 0 Å². The Morgan fingerprint density at radius 3 is 2.79 bits per heavy atom. The fraction of sp³-hybridized carbons (Fsp3) is 0.500. The molecule has 0 amide bonds. The van der Waals surface area contributed by atoms with E-state index in [0.717, 1.165) is 24.8 Å². The number of aryl methyl sites for hydroxylation is 2. The molecule has 1 atom stereocenters. The Bertz CT molecular complexity index is 333. The van der Waals surface area contributed by atoms with Crippen molar-refractivity contribution in [3.63, 3.8) is 0 Å². The highest BCUT2D eigenvalue weighted by Crippen LogP contribution is 2.28. The molecule has 0 saturated heterocycles. The minimum absolute atomic E-state index is 0.340. The first-order valence-corrected chi connectivity index (χ1v) is 5.65. The van der Waals surface area contributed by atoms with Gasteiger partial charge >= 0.3 is 0 Å². The first-order valence-electron chi connectivity index (χ1n) is 4.83. The van der Waals surface area contributed by atoms with E-state index >= 15 is 0 Å². The van der Waals surface area contributed by atoms with Crippen LogP contribution in [0, 0.1) is 26.2 Å². The standard InChI is InChI=1S/C12H16OS/c1-4-5-6-7-12(13)11-8-9(2)14-10(11)3/h1,8,12-13H,5-7H2,2-3H3. The van der Waals surface area contributed by atoms with Gasteiger partial charge < -0.3 is 5.11 Å². The van der Waals surface area contributed by atoms with E-state index in [0.29, 0.717) is 0 Å². The average Bonchev–Trinajstić information content (AvgIpc) is 2.45. The first-order chi connectivity index (χ1) is 6.65. The van der Waals surface area contributed by atoms with Crippen LogP contribution in [0.2, 0.25) is 0 Å². The molecule has 0 aliphatic carbocycles. The van der Waals surface area contributed by atoms with E-state index in [1.807, 2.05) is 0 Å². The third-order valence-corrected chi connectivity index (χ3v) is 3.22. The zero-order chi connectivity index (χ0) is 10.6. The number of aliphatic hydroxyl groups excluding tert-OH is 1. The fourth-order valence-corrected chi connectivity index (χ4v) is 2.52. The van der Waals surface area contributed by atoms with Crippen molar-refractivity contribution in [3.05, 3.63) is 21.4 Å². The van der Waals surface area contributed by atoms with E-state index < -0.39 is 0 Å². The Morgan fingerprint density at radius 1 is 1.57 bits per heavy atom. The number of hydrogen-bond donors (Lipinski definition) is 1. The second-order valence-corrected chi connectivity index (χ2v) is 4.94. The molecule has 1 aromatic heterocycles. The molecule has 0 spiro atoms. The van der Waals surface area contributed by atoms with Crippen LogP contribution in [-0.2, 0) is 0 Å². The average molecular weight is 208 g/mol. The summed E-state index contributed by atoms with van der Waals surface area (Å²) in [4.78, 5) is 2.48. The Labute approximate surface area is 89.8 Å². The lowest BCUT2D eigenvalue weighted by Gasteiger charge is -2.08. The van der Waals surface area contributed by atoms with Crippen molar-refractivity contribution in [3.8, 4) is 12.3 Å². The van der Waals surface area contributed by atoms with Crippen LogP contribution in [-0.4, -0.2) is 5.11 Å². The topological polar surface area (TPSA) is 20.2 Å². The number of hydrogen-bond acceptors (Lipinski definition) is 2. The Hall–Kier alpha value is -0.780. The molecule has 76 valence electrons. The summed E-state index contributed by atoms with van der Waals surface area (Å²) >= 11 is 1.74. The maximum absolute atomic E-state index is 9.88. The van der Waals surface area contributed by atoms with Crippen LogP contribution in [0.25, 0.3) is 0 Å². The summed E-state index contributed by atoms with van der Waals surface area (Å²) in [5.41, 5.74) is 1.07. The molecule has 0 aliphatic rings. The van der Waals surface area contributed by atoms with Crippen LogP contribution >= 0.6 is 11.3 Å². The number of unbranched alkanes of at least 4 members (excludes halogenated alkanes) is 1. The summed E-state index contributed by atoms with van der Waals surface area (Å²) in [6.07, 6.45) is 7.23. The molecule has 0 aliphatic heterocycles. The van der Waals surface area contributed by atoms with Gasteiger partial charge in [-0.1, -0.05) is 0 Å².